The maximum absolute atomic E-state index is 4.52. The van der Waals surface area contributed by atoms with Gasteiger partial charge in [0.25, 0.3) is 0 Å². The summed E-state index contributed by atoms with van der Waals surface area (Å²) in [5.41, 5.74) is 3.38. The molecule has 3 aromatic heterocycles. The van der Waals surface area contributed by atoms with Gasteiger partial charge in [0.2, 0.25) is 0 Å². The normalized spacial score (nSPS) is 11.4. The molecule has 3 heterocycles. The summed E-state index contributed by atoms with van der Waals surface area (Å²) >= 11 is 1.65. The molecule has 18 heavy (non-hydrogen) atoms. The van der Waals surface area contributed by atoms with E-state index in [0.717, 1.165) is 29.4 Å². The third-order valence-electron chi connectivity index (χ3n) is 2.86. The Hall–Kier alpha value is -1.66. The molecule has 0 saturated heterocycles. The van der Waals surface area contributed by atoms with E-state index in [9.17, 15) is 0 Å². The van der Waals surface area contributed by atoms with Gasteiger partial charge in [-0.1, -0.05) is 0 Å². The highest BCUT2D eigenvalue weighted by Crippen LogP contribution is 2.11. The van der Waals surface area contributed by atoms with E-state index in [1.165, 1.54) is 5.56 Å². The number of fused-ring (bicyclic) bond motifs is 1. The number of aromatic nitrogens is 4. The zero-order valence-electron chi connectivity index (χ0n) is 10.4. The summed E-state index contributed by atoms with van der Waals surface area (Å²) in [6.45, 7) is 3.62. The van der Waals surface area contributed by atoms with Gasteiger partial charge in [-0.2, -0.15) is 5.10 Å². The number of hydrogen-bond donors (Lipinski definition) is 1. The van der Waals surface area contributed by atoms with E-state index < -0.39 is 0 Å². The molecule has 6 heteroatoms. The molecular weight excluding hydrogens is 246 g/mol. The van der Waals surface area contributed by atoms with E-state index in [4.69, 9.17) is 0 Å². The summed E-state index contributed by atoms with van der Waals surface area (Å²) in [5, 5.41) is 9.82. The molecule has 0 fully saturated rings. The van der Waals surface area contributed by atoms with Crippen molar-refractivity contribution in [3.8, 4) is 0 Å². The molecule has 0 bridgehead atoms. The monoisotopic (exact) mass is 261 g/mol. The van der Waals surface area contributed by atoms with Crippen molar-refractivity contribution in [1.29, 1.82) is 0 Å². The largest absolute Gasteiger partial charge is 0.305 e. The van der Waals surface area contributed by atoms with Crippen LogP contribution in [-0.2, 0) is 20.1 Å². The molecule has 0 aliphatic carbocycles. The Labute approximate surface area is 109 Å². The van der Waals surface area contributed by atoms with Gasteiger partial charge >= 0.3 is 0 Å². The number of rotatable bonds is 4. The highest BCUT2D eigenvalue weighted by atomic mass is 32.1. The van der Waals surface area contributed by atoms with Crippen molar-refractivity contribution in [2.45, 2.75) is 20.0 Å². The van der Waals surface area contributed by atoms with Gasteiger partial charge in [0, 0.05) is 44.1 Å². The second kappa shape index (κ2) is 4.55. The first-order valence-electron chi connectivity index (χ1n) is 5.83. The molecule has 0 unspecified atom stereocenters. The molecule has 0 spiro atoms. The lowest BCUT2D eigenvalue weighted by atomic mass is 10.3. The Morgan fingerprint density at radius 3 is 2.94 bits per heavy atom. The van der Waals surface area contributed by atoms with Gasteiger partial charge in [-0.3, -0.25) is 9.08 Å². The second-order valence-corrected chi connectivity index (χ2v) is 5.23. The Bertz CT molecular complexity index is 634. The Morgan fingerprint density at radius 1 is 1.33 bits per heavy atom. The molecule has 1 N–H and O–H groups in total. The van der Waals surface area contributed by atoms with E-state index >= 15 is 0 Å². The van der Waals surface area contributed by atoms with Crippen LogP contribution in [0.4, 0.5) is 0 Å². The molecule has 0 radical (unpaired) electrons. The Kier molecular flexibility index (Phi) is 2.89. The van der Waals surface area contributed by atoms with Crippen LogP contribution in [0, 0.1) is 6.92 Å². The number of nitrogens with one attached hydrogen (secondary N) is 1. The standard InChI is InChI=1S/C12H15N5S/c1-9-7-16(2)15-11(9)6-13-5-10-8-17-3-4-18-12(17)14-10/h3-4,7-8,13H,5-6H2,1-2H3. The first-order chi connectivity index (χ1) is 8.72. The smallest absolute Gasteiger partial charge is 0.193 e. The summed E-state index contributed by atoms with van der Waals surface area (Å²) < 4.78 is 3.90. The molecule has 0 aliphatic rings. The van der Waals surface area contributed by atoms with Crippen LogP contribution in [0.5, 0.6) is 0 Å². The van der Waals surface area contributed by atoms with E-state index in [0.29, 0.717) is 0 Å². The van der Waals surface area contributed by atoms with Crippen molar-refractivity contribution in [2.75, 3.05) is 0 Å². The van der Waals surface area contributed by atoms with Gasteiger partial charge < -0.3 is 5.32 Å². The predicted molar refractivity (Wildman–Crippen MR) is 71.6 cm³/mol. The Morgan fingerprint density at radius 2 is 2.22 bits per heavy atom. The molecule has 0 amide bonds. The minimum Gasteiger partial charge on any atom is -0.305 e. The summed E-state index contributed by atoms with van der Waals surface area (Å²) in [5.74, 6) is 0. The minimum atomic E-state index is 0.768. The van der Waals surface area contributed by atoms with Gasteiger partial charge in [-0.25, -0.2) is 4.98 Å². The number of nitrogens with zero attached hydrogens (tertiary/aromatic N) is 4. The lowest BCUT2D eigenvalue weighted by Crippen LogP contribution is -2.14. The molecule has 0 aromatic carbocycles. The van der Waals surface area contributed by atoms with Crippen LogP contribution in [-0.4, -0.2) is 19.2 Å². The van der Waals surface area contributed by atoms with Crippen LogP contribution in [0.1, 0.15) is 17.0 Å². The minimum absolute atomic E-state index is 0.768. The van der Waals surface area contributed by atoms with Gasteiger partial charge in [-0.15, -0.1) is 11.3 Å². The molecule has 94 valence electrons. The van der Waals surface area contributed by atoms with Crippen LogP contribution in [0.3, 0.4) is 0 Å². The second-order valence-electron chi connectivity index (χ2n) is 4.36. The van der Waals surface area contributed by atoms with Crippen molar-refractivity contribution in [3.05, 3.63) is 40.9 Å². The number of aryl methyl sites for hydroxylation is 2. The average molecular weight is 261 g/mol. The van der Waals surface area contributed by atoms with Crippen LogP contribution in [0.15, 0.2) is 24.0 Å². The van der Waals surface area contributed by atoms with Gasteiger partial charge in [-0.05, 0) is 12.5 Å². The Balaban J connectivity index is 1.61. The molecule has 5 nitrogen and oxygen atoms in total. The lowest BCUT2D eigenvalue weighted by molar-refractivity contribution is 0.648. The molecule has 0 atom stereocenters. The zero-order chi connectivity index (χ0) is 12.5. The number of thiazole rings is 1. The predicted octanol–water partition coefficient (Wildman–Crippen LogP) is 1.73. The maximum atomic E-state index is 4.52. The van der Waals surface area contributed by atoms with E-state index in [1.54, 1.807) is 11.3 Å². The van der Waals surface area contributed by atoms with Crippen molar-refractivity contribution in [1.82, 2.24) is 24.5 Å². The van der Waals surface area contributed by atoms with Crippen molar-refractivity contribution in [3.63, 3.8) is 0 Å². The summed E-state index contributed by atoms with van der Waals surface area (Å²) in [6, 6.07) is 0. The quantitative estimate of drug-likeness (QED) is 0.778. The maximum Gasteiger partial charge on any atom is 0.193 e. The lowest BCUT2D eigenvalue weighted by Gasteiger charge is -2.00. The average Bonchev–Trinajstić information content (AvgIpc) is 2.94. The molecule has 0 saturated carbocycles. The first kappa shape index (κ1) is 11.4. The van der Waals surface area contributed by atoms with Crippen molar-refractivity contribution in [2.24, 2.45) is 7.05 Å². The molecule has 0 aliphatic heterocycles. The van der Waals surface area contributed by atoms with Gasteiger partial charge in [0.1, 0.15) is 0 Å². The molecule has 3 aromatic rings. The van der Waals surface area contributed by atoms with Crippen molar-refractivity contribution >= 4 is 16.3 Å². The van der Waals surface area contributed by atoms with E-state index in [-0.39, 0.29) is 0 Å². The summed E-state index contributed by atoms with van der Waals surface area (Å²) in [4.78, 5) is 5.57. The van der Waals surface area contributed by atoms with Crippen LogP contribution < -0.4 is 5.32 Å². The van der Waals surface area contributed by atoms with Crippen LogP contribution in [0.2, 0.25) is 0 Å². The van der Waals surface area contributed by atoms with Crippen molar-refractivity contribution < 1.29 is 0 Å². The highest BCUT2D eigenvalue weighted by molar-refractivity contribution is 7.15. The third kappa shape index (κ3) is 2.16. The van der Waals surface area contributed by atoms with Crippen LogP contribution in [0.25, 0.3) is 4.96 Å². The fraction of sp³-hybridized carbons (Fsp3) is 0.333. The highest BCUT2D eigenvalue weighted by Gasteiger charge is 2.05. The number of hydrogen-bond acceptors (Lipinski definition) is 4. The third-order valence-corrected chi connectivity index (χ3v) is 3.63. The molecule has 3 rings (SSSR count). The summed E-state index contributed by atoms with van der Waals surface area (Å²) in [6.07, 6.45) is 6.12. The van der Waals surface area contributed by atoms with Gasteiger partial charge in [0.05, 0.1) is 11.4 Å². The zero-order valence-corrected chi connectivity index (χ0v) is 11.2. The SMILES string of the molecule is Cc1cn(C)nc1CNCc1cn2ccsc2n1. The van der Waals surface area contributed by atoms with Crippen LogP contribution >= 0.6 is 11.3 Å². The molecular formula is C12H15N5S. The van der Waals surface area contributed by atoms with E-state index in [1.807, 2.05) is 33.9 Å². The summed E-state index contributed by atoms with van der Waals surface area (Å²) in [7, 11) is 1.94. The first-order valence-corrected chi connectivity index (χ1v) is 6.71. The topological polar surface area (TPSA) is 47.2 Å². The van der Waals surface area contributed by atoms with E-state index in [2.05, 4.69) is 28.5 Å². The van der Waals surface area contributed by atoms with Gasteiger partial charge in [0.15, 0.2) is 4.96 Å². The fourth-order valence-electron chi connectivity index (χ4n) is 2.00. The fourth-order valence-corrected chi connectivity index (χ4v) is 2.72. The number of imidazole rings is 1.